The molecule has 1 aromatic heterocycles. The van der Waals surface area contributed by atoms with Crippen LogP contribution in [0.4, 0.5) is 5.82 Å². The normalized spacial score (nSPS) is 18.9. The molecule has 5 rings (SSSR count). The van der Waals surface area contributed by atoms with Gasteiger partial charge in [-0.3, -0.25) is 4.79 Å². The SMILES string of the molecule is CC[C@@H]1CCCCN1c1nncc2cc(-c3cc(C(=O)NC4CC4)ccc3C)ccc12. The monoisotopic (exact) mass is 414 g/mol. The molecule has 1 saturated carbocycles. The Morgan fingerprint density at radius 3 is 2.81 bits per heavy atom. The van der Waals surface area contributed by atoms with Gasteiger partial charge in [0, 0.05) is 35.0 Å². The van der Waals surface area contributed by atoms with Crippen molar-refractivity contribution in [3.63, 3.8) is 0 Å². The minimum Gasteiger partial charge on any atom is -0.352 e. The van der Waals surface area contributed by atoms with E-state index in [1.54, 1.807) is 0 Å². The van der Waals surface area contributed by atoms with E-state index in [0.29, 0.717) is 12.1 Å². The van der Waals surface area contributed by atoms with Crippen LogP contribution in [0, 0.1) is 6.92 Å². The smallest absolute Gasteiger partial charge is 0.251 e. The van der Waals surface area contributed by atoms with Crippen molar-refractivity contribution in [2.75, 3.05) is 11.4 Å². The van der Waals surface area contributed by atoms with Crippen molar-refractivity contribution in [2.24, 2.45) is 0 Å². The van der Waals surface area contributed by atoms with Crippen molar-refractivity contribution < 1.29 is 4.79 Å². The largest absolute Gasteiger partial charge is 0.352 e. The second kappa shape index (κ2) is 8.29. The Hall–Kier alpha value is -2.95. The van der Waals surface area contributed by atoms with Crippen LogP contribution in [0.15, 0.2) is 42.6 Å². The topological polar surface area (TPSA) is 58.1 Å². The molecule has 3 aromatic rings. The molecule has 1 N–H and O–H groups in total. The Morgan fingerprint density at radius 2 is 2.00 bits per heavy atom. The van der Waals surface area contributed by atoms with Crippen molar-refractivity contribution in [1.29, 1.82) is 0 Å². The molecule has 2 aliphatic rings. The second-order valence-electron chi connectivity index (χ2n) is 9.00. The van der Waals surface area contributed by atoms with E-state index in [2.05, 4.69) is 52.5 Å². The molecule has 5 nitrogen and oxygen atoms in total. The zero-order chi connectivity index (χ0) is 21.4. The number of piperidine rings is 1. The molecule has 1 aliphatic carbocycles. The molecule has 5 heteroatoms. The standard InChI is InChI=1S/C26H30N4O/c1-3-22-6-4-5-13-30(22)25-23-12-9-18(14-20(23)16-27-29-25)24-15-19(8-7-17(24)2)26(31)28-21-10-11-21/h7-9,12,14-16,21-22H,3-6,10-11,13H2,1-2H3,(H,28,31)/t22-/m1/s1. The van der Waals surface area contributed by atoms with E-state index in [1.165, 1.54) is 19.3 Å². The maximum Gasteiger partial charge on any atom is 0.251 e. The van der Waals surface area contributed by atoms with Gasteiger partial charge in [-0.1, -0.05) is 19.1 Å². The fraction of sp³-hybridized carbons (Fsp3) is 0.423. The molecule has 2 aromatic carbocycles. The fourth-order valence-corrected chi connectivity index (χ4v) is 4.73. The number of rotatable bonds is 5. The zero-order valence-electron chi connectivity index (χ0n) is 18.4. The first-order chi connectivity index (χ1) is 15.1. The van der Waals surface area contributed by atoms with Gasteiger partial charge < -0.3 is 10.2 Å². The first-order valence-electron chi connectivity index (χ1n) is 11.6. The van der Waals surface area contributed by atoms with E-state index >= 15 is 0 Å². The first-order valence-corrected chi connectivity index (χ1v) is 11.6. The summed E-state index contributed by atoms with van der Waals surface area (Å²) in [5.74, 6) is 1.03. The van der Waals surface area contributed by atoms with Gasteiger partial charge in [0.05, 0.1) is 6.20 Å². The molecule has 160 valence electrons. The van der Waals surface area contributed by atoms with E-state index in [9.17, 15) is 4.79 Å². The van der Waals surface area contributed by atoms with Crippen LogP contribution in [0.5, 0.6) is 0 Å². The number of anilines is 1. The Labute approximate surface area is 183 Å². The van der Waals surface area contributed by atoms with E-state index in [-0.39, 0.29) is 5.91 Å². The molecular formula is C26H30N4O. The number of carbonyl (C=O) groups is 1. The molecule has 2 fully saturated rings. The summed E-state index contributed by atoms with van der Waals surface area (Å²) in [6, 6.07) is 13.4. The molecule has 0 bridgehead atoms. The summed E-state index contributed by atoms with van der Waals surface area (Å²) in [4.78, 5) is 15.0. The molecule has 31 heavy (non-hydrogen) atoms. The molecule has 2 heterocycles. The summed E-state index contributed by atoms with van der Waals surface area (Å²) in [6.07, 6.45) is 8.89. The second-order valence-corrected chi connectivity index (χ2v) is 9.00. The lowest BCUT2D eigenvalue weighted by molar-refractivity contribution is 0.0951. The third-order valence-corrected chi connectivity index (χ3v) is 6.74. The van der Waals surface area contributed by atoms with Gasteiger partial charge in [0.15, 0.2) is 5.82 Å². The summed E-state index contributed by atoms with van der Waals surface area (Å²) in [5, 5.41) is 14.2. The summed E-state index contributed by atoms with van der Waals surface area (Å²) in [6.45, 7) is 5.40. The van der Waals surface area contributed by atoms with E-state index in [0.717, 1.165) is 64.7 Å². The van der Waals surface area contributed by atoms with Gasteiger partial charge in [-0.05, 0) is 86.4 Å². The molecule has 0 radical (unpaired) electrons. The third-order valence-electron chi connectivity index (χ3n) is 6.74. The third kappa shape index (κ3) is 4.01. The number of nitrogens with zero attached hydrogens (tertiary/aromatic N) is 3. The molecule has 0 unspecified atom stereocenters. The van der Waals surface area contributed by atoms with Crippen molar-refractivity contribution in [1.82, 2.24) is 15.5 Å². The van der Waals surface area contributed by atoms with Crippen molar-refractivity contribution >= 4 is 22.5 Å². The number of fused-ring (bicyclic) bond motifs is 1. The van der Waals surface area contributed by atoms with Crippen LogP contribution in [0.2, 0.25) is 0 Å². The van der Waals surface area contributed by atoms with E-state index in [4.69, 9.17) is 0 Å². The molecule has 0 spiro atoms. The Morgan fingerprint density at radius 1 is 1.13 bits per heavy atom. The lowest BCUT2D eigenvalue weighted by atomic mass is 9.95. The molecular weight excluding hydrogens is 384 g/mol. The van der Waals surface area contributed by atoms with Gasteiger partial charge in [0.2, 0.25) is 0 Å². The first kappa shape index (κ1) is 20.0. The highest BCUT2D eigenvalue weighted by Gasteiger charge is 2.25. The highest BCUT2D eigenvalue weighted by Crippen LogP contribution is 2.33. The highest BCUT2D eigenvalue weighted by atomic mass is 16.1. The Balaban J connectivity index is 1.51. The van der Waals surface area contributed by atoms with Crippen molar-refractivity contribution in [2.45, 2.75) is 64.5 Å². The van der Waals surface area contributed by atoms with Crippen LogP contribution in [-0.2, 0) is 0 Å². The number of nitrogens with one attached hydrogen (secondary N) is 1. The van der Waals surface area contributed by atoms with Gasteiger partial charge >= 0.3 is 0 Å². The highest BCUT2D eigenvalue weighted by molar-refractivity contribution is 5.98. The minimum absolute atomic E-state index is 0.0217. The maximum atomic E-state index is 12.5. The van der Waals surface area contributed by atoms with Gasteiger partial charge in [-0.25, -0.2) is 0 Å². The predicted octanol–water partition coefficient (Wildman–Crippen LogP) is 5.27. The number of benzene rings is 2. The van der Waals surface area contributed by atoms with Gasteiger partial charge in [-0.2, -0.15) is 5.10 Å². The number of carbonyl (C=O) groups excluding carboxylic acids is 1. The number of amides is 1. The average molecular weight is 415 g/mol. The maximum absolute atomic E-state index is 12.5. The van der Waals surface area contributed by atoms with Crippen LogP contribution in [-0.4, -0.2) is 34.7 Å². The van der Waals surface area contributed by atoms with Gasteiger partial charge in [0.1, 0.15) is 0 Å². The number of aryl methyl sites for hydroxylation is 1. The van der Waals surface area contributed by atoms with Crippen molar-refractivity contribution in [3.05, 3.63) is 53.7 Å². The number of hydrogen-bond donors (Lipinski definition) is 1. The number of aromatic nitrogens is 2. The fourth-order valence-electron chi connectivity index (χ4n) is 4.73. The lowest BCUT2D eigenvalue weighted by Gasteiger charge is -2.36. The summed E-state index contributed by atoms with van der Waals surface area (Å²) < 4.78 is 0. The van der Waals surface area contributed by atoms with Gasteiger partial charge in [-0.15, -0.1) is 5.10 Å². The van der Waals surface area contributed by atoms with E-state index < -0.39 is 0 Å². The van der Waals surface area contributed by atoms with Crippen LogP contribution >= 0.6 is 0 Å². The van der Waals surface area contributed by atoms with Crippen LogP contribution in [0.3, 0.4) is 0 Å². The summed E-state index contributed by atoms with van der Waals surface area (Å²) >= 11 is 0. The molecule has 1 atom stereocenters. The molecule has 1 saturated heterocycles. The lowest BCUT2D eigenvalue weighted by Crippen LogP contribution is -2.39. The van der Waals surface area contributed by atoms with Crippen LogP contribution in [0.1, 0.15) is 61.4 Å². The molecule has 1 amide bonds. The quantitative estimate of drug-likeness (QED) is 0.618. The Kier molecular flexibility index (Phi) is 5.34. The van der Waals surface area contributed by atoms with E-state index in [1.807, 2.05) is 24.4 Å². The van der Waals surface area contributed by atoms with Crippen LogP contribution in [0.25, 0.3) is 21.9 Å². The number of hydrogen-bond acceptors (Lipinski definition) is 4. The van der Waals surface area contributed by atoms with Gasteiger partial charge in [0.25, 0.3) is 5.91 Å². The Bertz CT molecular complexity index is 1120. The predicted molar refractivity (Wildman–Crippen MR) is 125 cm³/mol. The summed E-state index contributed by atoms with van der Waals surface area (Å²) in [5.41, 5.74) is 4.08. The average Bonchev–Trinajstić information content (AvgIpc) is 3.62. The minimum atomic E-state index is 0.0217. The van der Waals surface area contributed by atoms with Crippen molar-refractivity contribution in [3.8, 4) is 11.1 Å². The zero-order valence-corrected chi connectivity index (χ0v) is 18.4. The molecule has 1 aliphatic heterocycles. The van der Waals surface area contributed by atoms with Crippen LogP contribution < -0.4 is 10.2 Å². The summed E-state index contributed by atoms with van der Waals surface area (Å²) in [7, 11) is 0.